The van der Waals surface area contributed by atoms with Gasteiger partial charge in [-0.05, 0) is 48.2 Å². The highest BCUT2D eigenvalue weighted by atomic mass is 35.5. The van der Waals surface area contributed by atoms with Crippen molar-refractivity contribution in [3.63, 3.8) is 0 Å². The van der Waals surface area contributed by atoms with Crippen LogP contribution in [0.1, 0.15) is 24.0 Å². The van der Waals surface area contributed by atoms with E-state index in [4.69, 9.17) is 17.0 Å². The summed E-state index contributed by atoms with van der Waals surface area (Å²) in [6.45, 7) is 4.43. The van der Waals surface area contributed by atoms with Crippen LogP contribution >= 0.6 is 11.6 Å². The first kappa shape index (κ1) is 20.9. The molecular formula is C23H20ClF3N2. The minimum absolute atomic E-state index is 0.0219. The van der Waals surface area contributed by atoms with Crippen LogP contribution in [0.5, 0.6) is 0 Å². The SMILES string of the molecule is C=CC1=CC=C(CNc2ccc(-c3ccc(C(F)(F)F)cc3Cl)cc2C=N)CC1. The molecule has 0 amide bonds. The molecule has 0 aliphatic heterocycles. The summed E-state index contributed by atoms with van der Waals surface area (Å²) in [6, 6.07) is 8.64. The summed E-state index contributed by atoms with van der Waals surface area (Å²) in [6.07, 6.45) is 4.68. The number of nitrogens with one attached hydrogen (secondary N) is 2. The zero-order valence-corrected chi connectivity index (χ0v) is 16.4. The van der Waals surface area contributed by atoms with Gasteiger partial charge in [-0.1, -0.05) is 54.1 Å². The molecule has 3 rings (SSSR count). The van der Waals surface area contributed by atoms with Crippen LogP contribution < -0.4 is 5.32 Å². The summed E-state index contributed by atoms with van der Waals surface area (Å²) >= 11 is 6.10. The molecule has 2 aromatic rings. The van der Waals surface area contributed by atoms with E-state index in [9.17, 15) is 13.2 Å². The van der Waals surface area contributed by atoms with Crippen molar-refractivity contribution in [1.29, 1.82) is 5.41 Å². The van der Waals surface area contributed by atoms with Crippen molar-refractivity contribution in [1.82, 2.24) is 0 Å². The van der Waals surface area contributed by atoms with Gasteiger partial charge in [0.2, 0.25) is 0 Å². The first-order valence-electron chi connectivity index (χ1n) is 9.08. The second-order valence-corrected chi connectivity index (χ2v) is 7.17. The highest BCUT2D eigenvalue weighted by molar-refractivity contribution is 6.33. The van der Waals surface area contributed by atoms with E-state index >= 15 is 0 Å². The smallest absolute Gasteiger partial charge is 0.381 e. The number of hydrogen-bond donors (Lipinski definition) is 2. The van der Waals surface area contributed by atoms with Gasteiger partial charge in [0.15, 0.2) is 0 Å². The first-order chi connectivity index (χ1) is 13.8. The number of hydrogen-bond acceptors (Lipinski definition) is 2. The Bertz CT molecular complexity index is 1000. The Hall–Kier alpha value is -2.79. The maximum absolute atomic E-state index is 12.8. The average Bonchev–Trinajstić information content (AvgIpc) is 2.71. The molecule has 0 spiro atoms. The summed E-state index contributed by atoms with van der Waals surface area (Å²) in [7, 11) is 0. The highest BCUT2D eigenvalue weighted by Gasteiger charge is 2.31. The Morgan fingerprint density at radius 3 is 2.48 bits per heavy atom. The van der Waals surface area contributed by atoms with E-state index in [2.05, 4.69) is 24.0 Å². The lowest BCUT2D eigenvalue weighted by molar-refractivity contribution is -0.137. The van der Waals surface area contributed by atoms with Crippen LogP contribution in [0.2, 0.25) is 5.02 Å². The standard InChI is InChI=1S/C23H20ClF3N2/c1-2-15-3-5-16(6-4-15)14-29-22-10-7-17(11-18(22)13-28)20-9-8-19(12-21(20)24)23(25,26)27/h2-3,5,7-13,28-29H,1,4,6,14H2. The molecule has 0 unspecified atom stereocenters. The summed E-state index contributed by atoms with van der Waals surface area (Å²) < 4.78 is 38.5. The molecule has 0 aromatic heterocycles. The van der Waals surface area contributed by atoms with Crippen LogP contribution in [0.4, 0.5) is 18.9 Å². The molecule has 2 aromatic carbocycles. The number of anilines is 1. The topological polar surface area (TPSA) is 35.9 Å². The van der Waals surface area contributed by atoms with E-state index in [1.165, 1.54) is 23.4 Å². The van der Waals surface area contributed by atoms with E-state index in [1.54, 1.807) is 12.1 Å². The minimum Gasteiger partial charge on any atom is -0.381 e. The van der Waals surface area contributed by atoms with Gasteiger partial charge in [0.05, 0.1) is 5.56 Å². The molecular weight excluding hydrogens is 397 g/mol. The highest BCUT2D eigenvalue weighted by Crippen LogP contribution is 2.36. The summed E-state index contributed by atoms with van der Waals surface area (Å²) in [5.74, 6) is 0. The monoisotopic (exact) mass is 416 g/mol. The third-order valence-corrected chi connectivity index (χ3v) is 5.16. The van der Waals surface area contributed by atoms with Gasteiger partial charge in [-0.2, -0.15) is 13.2 Å². The summed E-state index contributed by atoms with van der Waals surface area (Å²) in [5.41, 5.74) is 4.25. The van der Waals surface area contributed by atoms with Crippen molar-refractivity contribution < 1.29 is 13.2 Å². The van der Waals surface area contributed by atoms with Gasteiger partial charge in [-0.3, -0.25) is 0 Å². The number of alkyl halides is 3. The molecule has 0 bridgehead atoms. The zero-order chi connectivity index (χ0) is 21.0. The van der Waals surface area contributed by atoms with Crippen molar-refractivity contribution in [3.8, 4) is 11.1 Å². The molecule has 6 heteroatoms. The molecule has 0 saturated carbocycles. The summed E-state index contributed by atoms with van der Waals surface area (Å²) in [4.78, 5) is 0. The summed E-state index contributed by atoms with van der Waals surface area (Å²) in [5, 5.41) is 11.1. The fraction of sp³-hybridized carbons (Fsp3) is 0.174. The number of allylic oxidation sites excluding steroid dienone is 4. The Balaban J connectivity index is 1.81. The van der Waals surface area contributed by atoms with Gasteiger partial charge < -0.3 is 10.7 Å². The quantitative estimate of drug-likeness (QED) is 0.477. The maximum Gasteiger partial charge on any atom is 0.416 e. The van der Waals surface area contributed by atoms with Crippen LogP contribution in [-0.2, 0) is 6.18 Å². The van der Waals surface area contributed by atoms with E-state index in [1.807, 2.05) is 12.1 Å². The molecule has 1 aliphatic carbocycles. The number of benzene rings is 2. The van der Waals surface area contributed by atoms with Crippen LogP contribution in [0.25, 0.3) is 11.1 Å². The third-order valence-electron chi connectivity index (χ3n) is 4.85. The number of rotatable bonds is 6. The molecule has 150 valence electrons. The van der Waals surface area contributed by atoms with Crippen molar-refractivity contribution in [2.45, 2.75) is 19.0 Å². The van der Waals surface area contributed by atoms with Crippen molar-refractivity contribution in [2.24, 2.45) is 0 Å². The molecule has 0 radical (unpaired) electrons. The maximum atomic E-state index is 12.8. The van der Waals surface area contributed by atoms with E-state index < -0.39 is 11.7 Å². The van der Waals surface area contributed by atoms with E-state index in [-0.39, 0.29) is 5.02 Å². The normalized spacial score (nSPS) is 14.1. The molecule has 1 aliphatic rings. The van der Waals surface area contributed by atoms with Gasteiger partial charge in [0.1, 0.15) is 0 Å². The molecule has 2 N–H and O–H groups in total. The lowest BCUT2D eigenvalue weighted by atomic mass is 9.98. The van der Waals surface area contributed by atoms with E-state index in [0.29, 0.717) is 23.2 Å². The Kier molecular flexibility index (Phi) is 6.28. The molecule has 0 fully saturated rings. The Morgan fingerprint density at radius 1 is 1.10 bits per heavy atom. The van der Waals surface area contributed by atoms with Crippen LogP contribution in [0.15, 0.2) is 72.4 Å². The predicted molar refractivity (Wildman–Crippen MR) is 114 cm³/mol. The molecule has 0 saturated heterocycles. The fourth-order valence-electron chi connectivity index (χ4n) is 3.16. The van der Waals surface area contributed by atoms with E-state index in [0.717, 1.165) is 30.7 Å². The molecule has 0 atom stereocenters. The largest absolute Gasteiger partial charge is 0.416 e. The zero-order valence-electron chi connectivity index (χ0n) is 15.6. The Morgan fingerprint density at radius 2 is 1.90 bits per heavy atom. The van der Waals surface area contributed by atoms with Gasteiger partial charge in [-0.25, -0.2) is 0 Å². The van der Waals surface area contributed by atoms with Crippen molar-refractivity contribution in [2.75, 3.05) is 11.9 Å². The predicted octanol–water partition coefficient (Wildman–Crippen LogP) is 7.27. The fourth-order valence-corrected chi connectivity index (χ4v) is 3.45. The van der Waals surface area contributed by atoms with Gasteiger partial charge in [0, 0.05) is 34.6 Å². The van der Waals surface area contributed by atoms with Crippen LogP contribution in [0.3, 0.4) is 0 Å². The third kappa shape index (κ3) is 4.98. The average molecular weight is 417 g/mol. The lowest BCUT2D eigenvalue weighted by Crippen LogP contribution is -2.08. The number of halogens is 4. The molecule has 2 nitrogen and oxygen atoms in total. The second-order valence-electron chi connectivity index (χ2n) is 6.76. The lowest BCUT2D eigenvalue weighted by Gasteiger charge is -2.16. The van der Waals surface area contributed by atoms with Crippen molar-refractivity contribution in [3.05, 3.63) is 88.5 Å². The van der Waals surface area contributed by atoms with Crippen LogP contribution in [0, 0.1) is 5.41 Å². The van der Waals surface area contributed by atoms with Crippen LogP contribution in [-0.4, -0.2) is 12.8 Å². The molecule has 29 heavy (non-hydrogen) atoms. The first-order valence-corrected chi connectivity index (χ1v) is 9.46. The molecule has 0 heterocycles. The minimum atomic E-state index is -4.44. The Labute approximate surface area is 172 Å². The van der Waals surface area contributed by atoms with Gasteiger partial charge >= 0.3 is 6.18 Å². The van der Waals surface area contributed by atoms with Gasteiger partial charge in [-0.15, -0.1) is 0 Å². The van der Waals surface area contributed by atoms with Gasteiger partial charge in [0.25, 0.3) is 0 Å². The second kappa shape index (κ2) is 8.70. The van der Waals surface area contributed by atoms with Crippen molar-refractivity contribution >= 4 is 23.5 Å².